The van der Waals surface area contributed by atoms with Crippen LogP contribution in [0.1, 0.15) is 16.8 Å². The van der Waals surface area contributed by atoms with Crippen molar-refractivity contribution in [3.8, 4) is 0 Å². The second-order valence-corrected chi connectivity index (χ2v) is 3.61. The number of nitrogens with one attached hydrogen (secondary N) is 1. The molecule has 0 spiro atoms. The summed E-state index contributed by atoms with van der Waals surface area (Å²) in [6.45, 7) is 0.641. The summed E-state index contributed by atoms with van der Waals surface area (Å²) < 4.78 is 1.80. The van der Waals surface area contributed by atoms with Crippen molar-refractivity contribution in [2.75, 3.05) is 6.54 Å². The summed E-state index contributed by atoms with van der Waals surface area (Å²) in [5, 5.41) is 11.1. The smallest absolute Gasteiger partial charge is 0.0525 e. The Kier molecular flexibility index (Phi) is 2.82. The Morgan fingerprint density at radius 2 is 2.33 bits per heavy atom. The Labute approximate surface area is 88.3 Å². The van der Waals surface area contributed by atoms with Crippen LogP contribution in [0.4, 0.5) is 0 Å². The van der Waals surface area contributed by atoms with Gasteiger partial charge in [-0.25, -0.2) is 0 Å². The van der Waals surface area contributed by atoms with E-state index < -0.39 is 0 Å². The van der Waals surface area contributed by atoms with E-state index in [4.69, 9.17) is 5.73 Å². The normalized spacial score (nSPS) is 10.8. The molecule has 5 heteroatoms. The lowest BCUT2D eigenvalue weighted by Crippen LogP contribution is -2.05. The molecule has 0 radical (unpaired) electrons. The first-order chi connectivity index (χ1) is 7.29. The zero-order valence-electron chi connectivity index (χ0n) is 8.77. The Morgan fingerprint density at radius 3 is 3.00 bits per heavy atom. The maximum Gasteiger partial charge on any atom is 0.0525 e. The van der Waals surface area contributed by atoms with Crippen molar-refractivity contribution in [3.05, 3.63) is 35.4 Å². The van der Waals surface area contributed by atoms with Gasteiger partial charge in [0, 0.05) is 31.8 Å². The molecule has 2 heterocycles. The summed E-state index contributed by atoms with van der Waals surface area (Å²) in [5.74, 6) is 0. The molecule has 2 aromatic heterocycles. The lowest BCUT2D eigenvalue weighted by molar-refractivity contribution is 0.767. The molecule has 0 saturated carbocycles. The van der Waals surface area contributed by atoms with E-state index in [1.54, 1.807) is 4.68 Å². The first kappa shape index (κ1) is 9.92. The minimum atomic E-state index is 0.641. The van der Waals surface area contributed by atoms with Crippen LogP contribution >= 0.6 is 0 Å². The molecule has 2 rings (SSSR count). The number of aryl methyl sites for hydroxylation is 1. The highest BCUT2D eigenvalue weighted by Crippen LogP contribution is 2.11. The van der Waals surface area contributed by atoms with Gasteiger partial charge in [0.05, 0.1) is 12.4 Å². The molecule has 0 aromatic carbocycles. The second kappa shape index (κ2) is 4.27. The summed E-state index contributed by atoms with van der Waals surface area (Å²) in [4.78, 5) is 0. The van der Waals surface area contributed by atoms with E-state index in [0.29, 0.717) is 6.54 Å². The molecule has 15 heavy (non-hydrogen) atoms. The van der Waals surface area contributed by atoms with Gasteiger partial charge in [0.25, 0.3) is 0 Å². The SMILES string of the molecule is Cn1cc(Cc2cn[nH]c2CCN)cn1. The highest BCUT2D eigenvalue weighted by molar-refractivity contribution is 5.24. The second-order valence-electron chi connectivity index (χ2n) is 3.61. The van der Waals surface area contributed by atoms with Crippen LogP contribution in [0.2, 0.25) is 0 Å². The van der Waals surface area contributed by atoms with Crippen molar-refractivity contribution in [2.45, 2.75) is 12.8 Å². The molecule has 0 aliphatic rings. The van der Waals surface area contributed by atoms with E-state index in [1.807, 2.05) is 25.6 Å². The zero-order chi connectivity index (χ0) is 10.7. The van der Waals surface area contributed by atoms with Gasteiger partial charge in [0.15, 0.2) is 0 Å². The summed E-state index contributed by atoms with van der Waals surface area (Å²) in [5.41, 5.74) is 9.04. The fourth-order valence-electron chi connectivity index (χ4n) is 1.63. The number of aromatic nitrogens is 4. The van der Waals surface area contributed by atoms with Crippen LogP contribution in [-0.4, -0.2) is 26.5 Å². The third-order valence-corrected chi connectivity index (χ3v) is 2.35. The van der Waals surface area contributed by atoms with E-state index in [2.05, 4.69) is 15.3 Å². The van der Waals surface area contributed by atoms with Crippen molar-refractivity contribution in [2.24, 2.45) is 12.8 Å². The van der Waals surface area contributed by atoms with Crippen LogP contribution in [0.5, 0.6) is 0 Å². The van der Waals surface area contributed by atoms with Gasteiger partial charge >= 0.3 is 0 Å². The van der Waals surface area contributed by atoms with Gasteiger partial charge in [0.2, 0.25) is 0 Å². The average Bonchev–Trinajstić information content (AvgIpc) is 2.78. The Bertz CT molecular complexity index is 428. The average molecular weight is 205 g/mol. The van der Waals surface area contributed by atoms with Gasteiger partial charge in [0.1, 0.15) is 0 Å². The van der Waals surface area contributed by atoms with Crippen LogP contribution < -0.4 is 5.73 Å². The minimum Gasteiger partial charge on any atom is -0.330 e. The number of hydrogen-bond acceptors (Lipinski definition) is 3. The number of H-pyrrole nitrogens is 1. The number of nitrogens with two attached hydrogens (primary N) is 1. The fourth-order valence-corrected chi connectivity index (χ4v) is 1.63. The largest absolute Gasteiger partial charge is 0.330 e. The summed E-state index contributed by atoms with van der Waals surface area (Å²) in [7, 11) is 1.92. The molecule has 0 amide bonds. The molecular weight excluding hydrogens is 190 g/mol. The minimum absolute atomic E-state index is 0.641. The predicted molar refractivity (Wildman–Crippen MR) is 57.4 cm³/mol. The molecule has 80 valence electrons. The molecule has 0 unspecified atom stereocenters. The van der Waals surface area contributed by atoms with Gasteiger partial charge < -0.3 is 5.73 Å². The molecule has 0 fully saturated rings. The number of rotatable bonds is 4. The van der Waals surface area contributed by atoms with Crippen molar-refractivity contribution >= 4 is 0 Å². The monoisotopic (exact) mass is 205 g/mol. The first-order valence-electron chi connectivity index (χ1n) is 4.98. The van der Waals surface area contributed by atoms with E-state index in [0.717, 1.165) is 18.5 Å². The molecule has 2 aromatic rings. The summed E-state index contributed by atoms with van der Waals surface area (Å²) >= 11 is 0. The van der Waals surface area contributed by atoms with Crippen LogP contribution in [-0.2, 0) is 19.9 Å². The predicted octanol–water partition coefficient (Wildman–Crippen LogP) is 0.235. The number of hydrogen-bond donors (Lipinski definition) is 2. The van der Waals surface area contributed by atoms with Crippen molar-refractivity contribution < 1.29 is 0 Å². The van der Waals surface area contributed by atoms with Crippen molar-refractivity contribution in [1.82, 2.24) is 20.0 Å². The van der Waals surface area contributed by atoms with E-state index in [1.165, 1.54) is 11.1 Å². The first-order valence-corrected chi connectivity index (χ1v) is 4.98. The van der Waals surface area contributed by atoms with Gasteiger partial charge in [-0.05, 0) is 17.7 Å². The van der Waals surface area contributed by atoms with Gasteiger partial charge in [-0.1, -0.05) is 0 Å². The van der Waals surface area contributed by atoms with E-state index >= 15 is 0 Å². The Morgan fingerprint density at radius 1 is 1.47 bits per heavy atom. The quantitative estimate of drug-likeness (QED) is 0.750. The topological polar surface area (TPSA) is 72.5 Å². The molecule has 3 N–H and O–H groups in total. The molecule has 0 saturated heterocycles. The van der Waals surface area contributed by atoms with Crippen molar-refractivity contribution in [3.63, 3.8) is 0 Å². The van der Waals surface area contributed by atoms with E-state index in [9.17, 15) is 0 Å². The molecule has 0 aliphatic carbocycles. The zero-order valence-corrected chi connectivity index (χ0v) is 8.77. The third-order valence-electron chi connectivity index (χ3n) is 2.35. The van der Waals surface area contributed by atoms with Crippen LogP contribution in [0.3, 0.4) is 0 Å². The molecular formula is C10H15N5. The molecule has 5 nitrogen and oxygen atoms in total. The standard InChI is InChI=1S/C10H15N5/c1-15-7-8(5-13-15)4-9-6-12-14-10(9)2-3-11/h5-7H,2-4,11H2,1H3,(H,12,14). The van der Waals surface area contributed by atoms with Gasteiger partial charge in [-0.3, -0.25) is 9.78 Å². The third kappa shape index (κ3) is 2.24. The highest BCUT2D eigenvalue weighted by Gasteiger charge is 2.06. The molecule has 0 bridgehead atoms. The van der Waals surface area contributed by atoms with Crippen LogP contribution in [0.15, 0.2) is 18.6 Å². The van der Waals surface area contributed by atoms with Crippen molar-refractivity contribution in [1.29, 1.82) is 0 Å². The maximum atomic E-state index is 5.52. The van der Waals surface area contributed by atoms with Crippen LogP contribution in [0.25, 0.3) is 0 Å². The molecule has 0 atom stereocenters. The Balaban J connectivity index is 2.13. The van der Waals surface area contributed by atoms with Crippen LogP contribution in [0, 0.1) is 0 Å². The van der Waals surface area contributed by atoms with Gasteiger partial charge in [-0.2, -0.15) is 10.2 Å². The maximum absolute atomic E-state index is 5.52. The highest BCUT2D eigenvalue weighted by atomic mass is 15.2. The summed E-state index contributed by atoms with van der Waals surface area (Å²) in [6, 6.07) is 0. The molecule has 0 aliphatic heterocycles. The lowest BCUT2D eigenvalue weighted by Gasteiger charge is -1.99. The van der Waals surface area contributed by atoms with E-state index in [-0.39, 0.29) is 0 Å². The van der Waals surface area contributed by atoms with Gasteiger partial charge in [-0.15, -0.1) is 0 Å². The number of nitrogens with zero attached hydrogens (tertiary/aromatic N) is 3. The summed E-state index contributed by atoms with van der Waals surface area (Å²) in [6.07, 6.45) is 7.45. The lowest BCUT2D eigenvalue weighted by atomic mass is 10.1. The fraction of sp³-hybridized carbons (Fsp3) is 0.400. The number of aromatic amines is 1. The Hall–Kier alpha value is -1.62.